The molecule has 0 saturated heterocycles. The van der Waals surface area contributed by atoms with E-state index in [1.165, 1.54) is 11.3 Å². The van der Waals surface area contributed by atoms with Crippen LogP contribution < -0.4 is 5.63 Å². The molecule has 24 heavy (non-hydrogen) atoms. The average molecular weight is 354 g/mol. The molecule has 0 amide bonds. The highest BCUT2D eigenvalue weighted by Crippen LogP contribution is 2.29. The molecule has 0 bridgehead atoms. The number of aromatic nitrogens is 1. The minimum absolute atomic E-state index is 0.372. The van der Waals surface area contributed by atoms with E-state index < -0.39 is 0 Å². The van der Waals surface area contributed by atoms with E-state index in [0.717, 1.165) is 22.2 Å². The molecule has 0 N–H and O–H groups in total. The van der Waals surface area contributed by atoms with Gasteiger partial charge in [0.2, 0.25) is 0 Å². The molecular weight excluding hydrogens is 342 g/mol. The molecule has 0 radical (unpaired) electrons. The van der Waals surface area contributed by atoms with Crippen LogP contribution in [-0.4, -0.2) is 4.98 Å². The molecule has 2 heterocycles. The second-order valence-electron chi connectivity index (χ2n) is 5.53. The highest BCUT2D eigenvalue weighted by molar-refractivity contribution is 7.13. The topological polar surface area (TPSA) is 43.1 Å². The third-order valence-electron chi connectivity index (χ3n) is 3.76. The molecule has 0 unspecified atom stereocenters. The summed E-state index contributed by atoms with van der Waals surface area (Å²) in [4.78, 5) is 16.9. The summed E-state index contributed by atoms with van der Waals surface area (Å²) in [5.74, 6) is 0. The fourth-order valence-corrected chi connectivity index (χ4v) is 3.50. The highest BCUT2D eigenvalue weighted by atomic mass is 35.5. The third kappa shape index (κ3) is 2.75. The maximum Gasteiger partial charge on any atom is 0.346 e. The monoisotopic (exact) mass is 353 g/mol. The predicted molar refractivity (Wildman–Crippen MR) is 98.8 cm³/mol. The first-order valence-corrected chi connectivity index (χ1v) is 8.62. The van der Waals surface area contributed by atoms with Crippen LogP contribution in [0.4, 0.5) is 0 Å². The average Bonchev–Trinajstić information content (AvgIpc) is 3.05. The standard InChI is InChI=1S/C19H12ClNO2S/c1-11-2-7-17-13(8-11)9-15(19(22)23-17)18-21-16(10-24-18)12-3-5-14(20)6-4-12/h2-10H,1H3. The lowest BCUT2D eigenvalue weighted by atomic mass is 10.1. The number of nitrogens with zero attached hydrogens (tertiary/aromatic N) is 1. The van der Waals surface area contributed by atoms with E-state index in [0.29, 0.717) is 21.2 Å². The minimum atomic E-state index is -0.372. The van der Waals surface area contributed by atoms with Gasteiger partial charge in [-0.15, -0.1) is 11.3 Å². The number of halogens is 1. The van der Waals surface area contributed by atoms with Crippen molar-refractivity contribution in [1.82, 2.24) is 4.98 Å². The number of rotatable bonds is 2. The molecule has 4 rings (SSSR count). The summed E-state index contributed by atoms with van der Waals surface area (Å²) in [6, 6.07) is 15.0. The number of thiazole rings is 1. The normalized spacial score (nSPS) is 11.1. The van der Waals surface area contributed by atoms with Crippen molar-refractivity contribution in [2.24, 2.45) is 0 Å². The molecule has 0 aliphatic rings. The fourth-order valence-electron chi connectivity index (χ4n) is 2.54. The Labute approximate surface area is 147 Å². The molecule has 0 aliphatic carbocycles. The van der Waals surface area contributed by atoms with E-state index in [1.54, 1.807) is 0 Å². The Kier molecular flexibility index (Phi) is 3.71. The maximum atomic E-state index is 12.3. The van der Waals surface area contributed by atoms with E-state index in [9.17, 15) is 4.79 Å². The van der Waals surface area contributed by atoms with Crippen molar-refractivity contribution in [2.75, 3.05) is 0 Å². The lowest BCUT2D eigenvalue weighted by Crippen LogP contribution is -2.02. The smallest absolute Gasteiger partial charge is 0.346 e. The summed E-state index contributed by atoms with van der Waals surface area (Å²) in [5, 5.41) is 4.16. The number of aryl methyl sites for hydroxylation is 1. The number of hydrogen-bond donors (Lipinski definition) is 0. The lowest BCUT2D eigenvalue weighted by molar-refractivity contribution is 0.563. The summed E-state index contributed by atoms with van der Waals surface area (Å²) in [6.45, 7) is 2.01. The van der Waals surface area contributed by atoms with E-state index in [2.05, 4.69) is 4.98 Å². The van der Waals surface area contributed by atoms with Crippen LogP contribution in [0.1, 0.15) is 5.56 Å². The Morgan fingerprint density at radius 1 is 1.08 bits per heavy atom. The van der Waals surface area contributed by atoms with E-state index >= 15 is 0 Å². The van der Waals surface area contributed by atoms with Crippen molar-refractivity contribution in [3.63, 3.8) is 0 Å². The summed E-state index contributed by atoms with van der Waals surface area (Å²) in [5.41, 5.74) is 3.59. The zero-order valence-electron chi connectivity index (χ0n) is 12.7. The fraction of sp³-hybridized carbons (Fsp3) is 0.0526. The van der Waals surface area contributed by atoms with Gasteiger partial charge >= 0.3 is 5.63 Å². The van der Waals surface area contributed by atoms with Crippen molar-refractivity contribution >= 4 is 33.9 Å². The van der Waals surface area contributed by atoms with Crippen molar-refractivity contribution < 1.29 is 4.42 Å². The van der Waals surface area contributed by atoms with Gasteiger partial charge in [-0.05, 0) is 37.3 Å². The molecule has 0 fully saturated rings. The van der Waals surface area contributed by atoms with Crippen molar-refractivity contribution in [3.8, 4) is 21.8 Å². The van der Waals surface area contributed by atoms with Crippen LogP contribution in [0, 0.1) is 6.92 Å². The number of fused-ring (bicyclic) bond motifs is 1. The molecule has 3 nitrogen and oxygen atoms in total. The Morgan fingerprint density at radius 3 is 2.67 bits per heavy atom. The second kappa shape index (κ2) is 5.89. The largest absolute Gasteiger partial charge is 0.422 e. The third-order valence-corrected chi connectivity index (χ3v) is 4.89. The first kappa shape index (κ1) is 15.1. The Balaban J connectivity index is 1.81. The first-order valence-electron chi connectivity index (χ1n) is 7.36. The number of benzene rings is 2. The Bertz CT molecular complexity index is 1100. The summed E-state index contributed by atoms with van der Waals surface area (Å²) < 4.78 is 5.43. The lowest BCUT2D eigenvalue weighted by Gasteiger charge is -2.01. The van der Waals surface area contributed by atoms with Gasteiger partial charge in [-0.3, -0.25) is 0 Å². The quantitative estimate of drug-likeness (QED) is 0.444. The van der Waals surface area contributed by atoms with Crippen LogP contribution in [0.3, 0.4) is 0 Å². The first-order chi connectivity index (χ1) is 11.6. The van der Waals surface area contributed by atoms with Crippen LogP contribution in [0.15, 0.2) is 63.1 Å². The van der Waals surface area contributed by atoms with Gasteiger partial charge in [0.15, 0.2) is 0 Å². The highest BCUT2D eigenvalue weighted by Gasteiger charge is 2.13. The van der Waals surface area contributed by atoms with Crippen LogP contribution >= 0.6 is 22.9 Å². The van der Waals surface area contributed by atoms with E-state index in [-0.39, 0.29) is 5.63 Å². The van der Waals surface area contributed by atoms with Crippen molar-refractivity contribution in [3.05, 3.63) is 74.9 Å². The zero-order chi connectivity index (χ0) is 16.7. The van der Waals surface area contributed by atoms with Gasteiger partial charge in [0.05, 0.1) is 11.3 Å². The van der Waals surface area contributed by atoms with Crippen LogP contribution in [0.2, 0.25) is 5.02 Å². The van der Waals surface area contributed by atoms with E-state index in [1.807, 2.05) is 60.8 Å². The Hall–Kier alpha value is -2.43. The van der Waals surface area contributed by atoms with Crippen molar-refractivity contribution in [2.45, 2.75) is 6.92 Å². The maximum absolute atomic E-state index is 12.3. The van der Waals surface area contributed by atoms with Crippen LogP contribution in [0.5, 0.6) is 0 Å². The SMILES string of the molecule is Cc1ccc2oc(=O)c(-c3nc(-c4ccc(Cl)cc4)cs3)cc2c1. The summed E-state index contributed by atoms with van der Waals surface area (Å²) in [6.07, 6.45) is 0. The zero-order valence-corrected chi connectivity index (χ0v) is 14.3. The van der Waals surface area contributed by atoms with Gasteiger partial charge in [0.25, 0.3) is 0 Å². The molecule has 118 valence electrons. The van der Waals surface area contributed by atoms with Gasteiger partial charge in [-0.1, -0.05) is 35.4 Å². The van der Waals surface area contributed by atoms with Gasteiger partial charge in [-0.2, -0.15) is 0 Å². The number of hydrogen-bond acceptors (Lipinski definition) is 4. The van der Waals surface area contributed by atoms with Crippen LogP contribution in [0.25, 0.3) is 32.8 Å². The van der Waals surface area contributed by atoms with Gasteiger partial charge in [0, 0.05) is 21.4 Å². The summed E-state index contributed by atoms with van der Waals surface area (Å²) in [7, 11) is 0. The van der Waals surface area contributed by atoms with Gasteiger partial charge in [0.1, 0.15) is 10.6 Å². The van der Waals surface area contributed by atoms with Crippen molar-refractivity contribution in [1.29, 1.82) is 0 Å². The second-order valence-corrected chi connectivity index (χ2v) is 6.83. The van der Waals surface area contributed by atoms with Gasteiger partial charge in [-0.25, -0.2) is 9.78 Å². The van der Waals surface area contributed by atoms with E-state index in [4.69, 9.17) is 16.0 Å². The molecule has 0 atom stereocenters. The molecule has 5 heteroatoms. The van der Waals surface area contributed by atoms with Crippen LogP contribution in [-0.2, 0) is 0 Å². The molecule has 2 aromatic carbocycles. The Morgan fingerprint density at radius 2 is 1.88 bits per heavy atom. The molecule has 0 aliphatic heterocycles. The van der Waals surface area contributed by atoms with Gasteiger partial charge < -0.3 is 4.42 Å². The summed E-state index contributed by atoms with van der Waals surface area (Å²) >= 11 is 7.34. The molecule has 0 saturated carbocycles. The molecular formula is C19H12ClNO2S. The minimum Gasteiger partial charge on any atom is -0.422 e. The predicted octanol–water partition coefficient (Wildman–Crippen LogP) is 5.55. The molecule has 4 aromatic rings. The molecule has 2 aromatic heterocycles. The molecule has 0 spiro atoms.